The van der Waals surface area contributed by atoms with Gasteiger partial charge in [0.1, 0.15) is 10.6 Å². The van der Waals surface area contributed by atoms with Crippen LogP contribution in [0.15, 0.2) is 51.9 Å². The van der Waals surface area contributed by atoms with Gasteiger partial charge in [-0.2, -0.15) is 0 Å². The summed E-state index contributed by atoms with van der Waals surface area (Å²) in [6.45, 7) is 5.62. The van der Waals surface area contributed by atoms with Crippen molar-refractivity contribution in [1.29, 1.82) is 0 Å². The van der Waals surface area contributed by atoms with Gasteiger partial charge in [0.25, 0.3) is 10.0 Å². The van der Waals surface area contributed by atoms with Crippen molar-refractivity contribution in [3.63, 3.8) is 0 Å². The zero-order chi connectivity index (χ0) is 18.9. The third kappa shape index (κ3) is 3.43. The van der Waals surface area contributed by atoms with E-state index in [0.717, 1.165) is 16.8 Å². The van der Waals surface area contributed by atoms with Gasteiger partial charge in [-0.15, -0.1) is 0 Å². The van der Waals surface area contributed by atoms with Crippen molar-refractivity contribution in [2.45, 2.75) is 25.7 Å². The van der Waals surface area contributed by atoms with Crippen LogP contribution in [0, 0.1) is 20.8 Å². The molecular formula is C19H20N2O4S. The summed E-state index contributed by atoms with van der Waals surface area (Å²) in [7, 11) is -2.38. The molecule has 0 unspecified atom stereocenters. The molecule has 0 bridgehead atoms. The van der Waals surface area contributed by atoms with Gasteiger partial charge in [-0.25, -0.2) is 8.42 Å². The molecule has 1 heterocycles. The molecule has 1 N–H and O–H groups in total. The van der Waals surface area contributed by atoms with Crippen LogP contribution in [-0.2, 0) is 10.0 Å². The van der Waals surface area contributed by atoms with Crippen molar-refractivity contribution in [1.82, 2.24) is 5.16 Å². The first kappa shape index (κ1) is 18.0. The van der Waals surface area contributed by atoms with Crippen LogP contribution in [0.3, 0.4) is 0 Å². The van der Waals surface area contributed by atoms with Crippen LogP contribution < -0.4 is 9.46 Å². The molecule has 0 fully saturated rings. The second-order valence-electron chi connectivity index (χ2n) is 6.05. The first-order chi connectivity index (χ1) is 12.3. The highest BCUT2D eigenvalue weighted by atomic mass is 32.2. The lowest BCUT2D eigenvalue weighted by atomic mass is 10.1. The zero-order valence-corrected chi connectivity index (χ0v) is 15.8. The van der Waals surface area contributed by atoms with E-state index in [1.807, 2.05) is 32.9 Å². The van der Waals surface area contributed by atoms with Gasteiger partial charge in [0, 0.05) is 11.6 Å². The number of ether oxygens (including phenoxy) is 1. The second kappa shape index (κ2) is 6.84. The molecular weight excluding hydrogens is 352 g/mol. The van der Waals surface area contributed by atoms with Gasteiger partial charge in [-0.3, -0.25) is 4.72 Å². The minimum absolute atomic E-state index is 0.0564. The van der Waals surface area contributed by atoms with Gasteiger partial charge in [0.2, 0.25) is 0 Å². The van der Waals surface area contributed by atoms with E-state index in [4.69, 9.17) is 9.26 Å². The summed E-state index contributed by atoms with van der Waals surface area (Å²) in [4.78, 5) is 0.0564. The first-order valence-electron chi connectivity index (χ1n) is 8.02. The summed E-state index contributed by atoms with van der Waals surface area (Å²) >= 11 is 0. The number of hydrogen-bond acceptors (Lipinski definition) is 5. The van der Waals surface area contributed by atoms with E-state index in [-0.39, 0.29) is 10.6 Å². The number of sulfonamides is 1. The third-order valence-corrected chi connectivity index (χ3v) is 5.62. The maximum Gasteiger partial charge on any atom is 0.265 e. The second-order valence-corrected chi connectivity index (χ2v) is 7.70. The van der Waals surface area contributed by atoms with E-state index in [2.05, 4.69) is 9.88 Å². The standard InChI is InChI=1S/C19H20N2O4S/c1-12-6-5-7-16(14(12)3)21-26(22,23)19-9-8-15(11-18(19)24-4)17-10-13(2)20-25-17/h5-11,21H,1-4H3. The molecule has 0 radical (unpaired) electrons. The summed E-state index contributed by atoms with van der Waals surface area (Å²) in [5.74, 6) is 0.779. The van der Waals surface area contributed by atoms with E-state index < -0.39 is 10.0 Å². The Bertz CT molecular complexity index is 1060. The summed E-state index contributed by atoms with van der Waals surface area (Å²) in [6, 6.07) is 12.0. The van der Waals surface area contributed by atoms with Crippen LogP contribution in [0.4, 0.5) is 5.69 Å². The number of nitrogens with zero attached hydrogens (tertiary/aromatic N) is 1. The molecule has 1 aromatic heterocycles. The number of aryl methyl sites for hydroxylation is 2. The third-order valence-electron chi connectivity index (χ3n) is 4.21. The smallest absolute Gasteiger partial charge is 0.265 e. The van der Waals surface area contributed by atoms with Crippen molar-refractivity contribution in [3.8, 4) is 17.1 Å². The van der Waals surface area contributed by atoms with Crippen LogP contribution in [0.25, 0.3) is 11.3 Å². The number of aromatic nitrogens is 1. The van der Waals surface area contributed by atoms with Crippen molar-refractivity contribution in [2.75, 3.05) is 11.8 Å². The summed E-state index contributed by atoms with van der Waals surface area (Å²) in [5, 5.41) is 3.85. The Labute approximate surface area is 152 Å². The molecule has 0 aliphatic carbocycles. The molecule has 0 spiro atoms. The van der Waals surface area contributed by atoms with Crippen molar-refractivity contribution >= 4 is 15.7 Å². The lowest BCUT2D eigenvalue weighted by Gasteiger charge is -2.14. The Morgan fingerprint density at radius 1 is 1.08 bits per heavy atom. The molecule has 7 heteroatoms. The van der Waals surface area contributed by atoms with Crippen LogP contribution in [-0.4, -0.2) is 20.7 Å². The van der Waals surface area contributed by atoms with Gasteiger partial charge in [-0.05, 0) is 56.2 Å². The van der Waals surface area contributed by atoms with Gasteiger partial charge in [-0.1, -0.05) is 17.3 Å². The maximum absolute atomic E-state index is 12.9. The van der Waals surface area contributed by atoms with Crippen LogP contribution in [0.5, 0.6) is 5.75 Å². The van der Waals surface area contributed by atoms with Crippen molar-refractivity contribution in [3.05, 3.63) is 59.3 Å². The molecule has 0 aliphatic heterocycles. The summed E-state index contributed by atoms with van der Waals surface area (Å²) in [5.41, 5.74) is 3.86. The molecule has 0 aliphatic rings. The summed E-state index contributed by atoms with van der Waals surface area (Å²) < 4.78 is 38.9. The molecule has 3 aromatic rings. The highest BCUT2D eigenvalue weighted by Crippen LogP contribution is 2.32. The van der Waals surface area contributed by atoms with E-state index in [0.29, 0.717) is 17.0 Å². The average Bonchev–Trinajstić information content (AvgIpc) is 3.04. The van der Waals surface area contributed by atoms with Crippen LogP contribution >= 0.6 is 0 Å². The van der Waals surface area contributed by atoms with Crippen LogP contribution in [0.2, 0.25) is 0 Å². The molecule has 136 valence electrons. The molecule has 2 aromatic carbocycles. The fourth-order valence-corrected chi connectivity index (χ4v) is 3.88. The Kier molecular flexibility index (Phi) is 4.73. The number of rotatable bonds is 5. The van der Waals surface area contributed by atoms with E-state index >= 15 is 0 Å². The predicted octanol–water partition coefficient (Wildman–Crippen LogP) is 4.08. The Morgan fingerprint density at radius 3 is 2.50 bits per heavy atom. The molecule has 26 heavy (non-hydrogen) atoms. The molecule has 3 rings (SSSR count). The Balaban J connectivity index is 2.00. The van der Waals surface area contributed by atoms with Crippen molar-refractivity contribution in [2.24, 2.45) is 0 Å². The Morgan fingerprint density at radius 2 is 1.85 bits per heavy atom. The normalized spacial score (nSPS) is 11.4. The van der Waals surface area contributed by atoms with Crippen molar-refractivity contribution < 1.29 is 17.7 Å². The SMILES string of the molecule is COc1cc(-c2cc(C)no2)ccc1S(=O)(=O)Nc1cccc(C)c1C. The number of anilines is 1. The highest BCUT2D eigenvalue weighted by molar-refractivity contribution is 7.92. The molecule has 0 saturated heterocycles. The topological polar surface area (TPSA) is 81.4 Å². The quantitative estimate of drug-likeness (QED) is 0.730. The fraction of sp³-hybridized carbons (Fsp3) is 0.211. The minimum Gasteiger partial charge on any atom is -0.495 e. The Hall–Kier alpha value is -2.80. The monoisotopic (exact) mass is 372 g/mol. The minimum atomic E-state index is -3.81. The van der Waals surface area contributed by atoms with Crippen LogP contribution in [0.1, 0.15) is 16.8 Å². The first-order valence-corrected chi connectivity index (χ1v) is 9.51. The lowest BCUT2D eigenvalue weighted by Crippen LogP contribution is -2.15. The van der Waals surface area contributed by atoms with Gasteiger partial charge < -0.3 is 9.26 Å². The highest BCUT2D eigenvalue weighted by Gasteiger charge is 2.22. The lowest BCUT2D eigenvalue weighted by molar-refractivity contribution is 0.402. The number of hydrogen-bond donors (Lipinski definition) is 1. The summed E-state index contributed by atoms with van der Waals surface area (Å²) in [6.07, 6.45) is 0. The molecule has 6 nitrogen and oxygen atoms in total. The van der Waals surface area contributed by atoms with Gasteiger partial charge >= 0.3 is 0 Å². The number of nitrogens with one attached hydrogen (secondary N) is 1. The molecule has 0 saturated carbocycles. The molecule has 0 atom stereocenters. The average molecular weight is 372 g/mol. The number of benzene rings is 2. The number of methoxy groups -OCH3 is 1. The predicted molar refractivity (Wildman–Crippen MR) is 100.0 cm³/mol. The van der Waals surface area contributed by atoms with Gasteiger partial charge in [0.15, 0.2) is 5.76 Å². The van der Waals surface area contributed by atoms with E-state index in [1.54, 1.807) is 24.3 Å². The molecule has 0 amide bonds. The van der Waals surface area contributed by atoms with Gasteiger partial charge in [0.05, 0.1) is 18.5 Å². The largest absolute Gasteiger partial charge is 0.495 e. The zero-order valence-electron chi connectivity index (χ0n) is 15.0. The maximum atomic E-state index is 12.9. The van der Waals surface area contributed by atoms with E-state index in [9.17, 15) is 8.42 Å². The van der Waals surface area contributed by atoms with E-state index in [1.165, 1.54) is 13.2 Å². The fourth-order valence-electron chi connectivity index (χ4n) is 2.60.